The van der Waals surface area contributed by atoms with Crippen molar-refractivity contribution in [1.29, 1.82) is 0 Å². The van der Waals surface area contributed by atoms with Crippen LogP contribution in [-0.2, 0) is 17.8 Å². The van der Waals surface area contributed by atoms with Gasteiger partial charge in [0.25, 0.3) is 0 Å². The first-order chi connectivity index (χ1) is 24.6. The molecule has 0 bridgehead atoms. The van der Waals surface area contributed by atoms with E-state index in [1.165, 1.54) is 57.1 Å². The summed E-state index contributed by atoms with van der Waals surface area (Å²) in [5.41, 5.74) is 8.10. The van der Waals surface area contributed by atoms with Crippen LogP contribution in [0.15, 0.2) is 131 Å². The molecular formula is C39H29N5O3S3. The van der Waals surface area contributed by atoms with E-state index in [1.54, 1.807) is 0 Å². The first kappa shape index (κ1) is 32.0. The van der Waals surface area contributed by atoms with Gasteiger partial charge >= 0.3 is 0 Å². The number of Topliss-reactive ketones (excluding diaryl/α,β-unsaturated/α-hetero) is 1. The van der Waals surface area contributed by atoms with Crippen LogP contribution in [0.3, 0.4) is 0 Å². The van der Waals surface area contributed by atoms with Gasteiger partial charge in [-0.15, -0.1) is 21.5 Å². The molecule has 0 saturated heterocycles. The number of carbonyl (C=O) groups excluding carboxylic acids is 2. The number of para-hydroxylation sites is 2. The molecule has 1 amide bonds. The van der Waals surface area contributed by atoms with Crippen LogP contribution in [0.2, 0.25) is 0 Å². The number of anilines is 1. The second-order valence-electron chi connectivity index (χ2n) is 11.6. The number of amides is 1. The molecule has 11 heteroatoms. The number of thiazole rings is 1. The average molecular weight is 712 g/mol. The molecule has 2 aromatic heterocycles. The maximum atomic E-state index is 13.1. The van der Waals surface area contributed by atoms with Gasteiger partial charge in [-0.25, -0.2) is 4.98 Å². The largest absolute Gasteiger partial charge is 0.486 e. The smallest absolute Gasteiger partial charge is 0.234 e. The Balaban J connectivity index is 0.887. The molecule has 0 unspecified atom stereocenters. The van der Waals surface area contributed by atoms with E-state index in [0.29, 0.717) is 22.4 Å². The third-order valence-corrected chi connectivity index (χ3v) is 11.3. The van der Waals surface area contributed by atoms with E-state index < -0.39 is 0 Å². The maximum absolute atomic E-state index is 13.1. The van der Waals surface area contributed by atoms with Crippen LogP contribution in [0.1, 0.15) is 27.3 Å². The molecule has 7 aromatic rings. The number of thioether (sulfide) groups is 2. The zero-order valence-electron chi connectivity index (χ0n) is 26.6. The lowest BCUT2D eigenvalue weighted by Crippen LogP contribution is -2.14. The quantitative estimate of drug-likeness (QED) is 0.0993. The van der Waals surface area contributed by atoms with E-state index in [4.69, 9.17) is 9.72 Å². The number of benzene rings is 5. The van der Waals surface area contributed by atoms with Crippen molar-refractivity contribution in [2.45, 2.75) is 22.5 Å². The predicted molar refractivity (Wildman–Crippen MR) is 201 cm³/mol. The van der Waals surface area contributed by atoms with Gasteiger partial charge in [-0.2, -0.15) is 0 Å². The van der Waals surface area contributed by atoms with Crippen molar-refractivity contribution in [1.82, 2.24) is 19.7 Å². The molecule has 50 heavy (non-hydrogen) atoms. The van der Waals surface area contributed by atoms with E-state index in [2.05, 4.69) is 45.8 Å². The molecule has 5 aromatic carbocycles. The average Bonchev–Trinajstić information content (AvgIpc) is 3.87. The lowest BCUT2D eigenvalue weighted by molar-refractivity contribution is -0.113. The number of carbonyl (C=O) groups is 2. The molecule has 0 spiro atoms. The Kier molecular flexibility index (Phi) is 9.17. The predicted octanol–water partition coefficient (Wildman–Crippen LogP) is 8.73. The number of ether oxygens (including phenoxy) is 1. The molecule has 0 saturated carbocycles. The summed E-state index contributed by atoms with van der Waals surface area (Å²) >= 11 is 4.26. The van der Waals surface area contributed by atoms with Gasteiger partial charge in [0.1, 0.15) is 12.4 Å². The summed E-state index contributed by atoms with van der Waals surface area (Å²) in [6.45, 7) is 0.227. The number of nitrogens with zero attached hydrogens (tertiary/aromatic N) is 4. The topological polar surface area (TPSA) is 99.0 Å². The number of fused-ring (bicyclic) bond motifs is 4. The highest BCUT2D eigenvalue weighted by molar-refractivity contribution is 8.01. The van der Waals surface area contributed by atoms with Crippen LogP contribution in [-0.4, -0.2) is 42.9 Å². The fourth-order valence-electron chi connectivity index (χ4n) is 5.89. The summed E-state index contributed by atoms with van der Waals surface area (Å²) in [6.07, 6.45) is 0.857. The Bertz CT molecular complexity index is 2340. The Morgan fingerprint density at radius 1 is 0.780 bits per heavy atom. The molecule has 0 fully saturated rings. The van der Waals surface area contributed by atoms with Gasteiger partial charge in [-0.1, -0.05) is 96.3 Å². The molecule has 0 aliphatic heterocycles. The highest BCUT2D eigenvalue weighted by Gasteiger charge is 2.20. The standard InChI is InChI=1S/C39H29N5O3S3/c45-34(26-15-17-32-27(20-26)19-25-9-7-8-14-31(25)32)23-49-39-41-33-18-16-28(21-35(33)50-39)40-37(46)24-48-38-43-42-36(22-47-30-12-5-2-6-13-30)44(38)29-10-3-1-4-11-29/h1-18,20-21H,19,22-24H2,(H,40,46). The van der Waals surface area contributed by atoms with Crippen molar-refractivity contribution in [2.24, 2.45) is 0 Å². The van der Waals surface area contributed by atoms with E-state index in [0.717, 1.165) is 38.0 Å². The normalized spacial score (nSPS) is 11.7. The van der Waals surface area contributed by atoms with Crippen LogP contribution < -0.4 is 10.1 Å². The van der Waals surface area contributed by atoms with Crippen molar-refractivity contribution < 1.29 is 14.3 Å². The van der Waals surface area contributed by atoms with E-state index in [9.17, 15) is 9.59 Å². The number of hydrogen-bond donors (Lipinski definition) is 1. The van der Waals surface area contributed by atoms with Crippen molar-refractivity contribution in [3.8, 4) is 22.6 Å². The SMILES string of the molecule is O=C(CSc1nnc(COc2ccccc2)n1-c1ccccc1)Nc1ccc2nc(SCC(=O)c3ccc4c(c3)Cc3ccccc3-4)sc2c1. The lowest BCUT2D eigenvalue weighted by Gasteiger charge is -2.11. The zero-order chi connectivity index (χ0) is 33.9. The molecule has 1 N–H and O–H groups in total. The summed E-state index contributed by atoms with van der Waals surface area (Å²) in [5.74, 6) is 1.73. The number of aromatic nitrogens is 4. The Hall–Kier alpha value is -5.23. The summed E-state index contributed by atoms with van der Waals surface area (Å²) in [5, 5.41) is 12.4. The van der Waals surface area contributed by atoms with Gasteiger partial charge in [-0.05, 0) is 77.2 Å². The number of hydrogen-bond acceptors (Lipinski definition) is 9. The van der Waals surface area contributed by atoms with E-state index >= 15 is 0 Å². The minimum absolute atomic E-state index is 0.0809. The lowest BCUT2D eigenvalue weighted by atomic mass is 10.0. The molecule has 246 valence electrons. The molecule has 8 rings (SSSR count). The van der Waals surface area contributed by atoms with Gasteiger partial charge in [0.15, 0.2) is 21.1 Å². The van der Waals surface area contributed by atoms with Gasteiger partial charge in [-0.3, -0.25) is 14.2 Å². The van der Waals surface area contributed by atoms with E-state index in [-0.39, 0.29) is 24.1 Å². The third-order valence-electron chi connectivity index (χ3n) is 8.25. The number of nitrogens with one attached hydrogen (secondary N) is 1. The van der Waals surface area contributed by atoms with Crippen LogP contribution in [0.25, 0.3) is 27.0 Å². The highest BCUT2D eigenvalue weighted by Crippen LogP contribution is 2.37. The minimum Gasteiger partial charge on any atom is -0.486 e. The number of ketones is 1. The van der Waals surface area contributed by atoms with E-state index in [1.807, 2.05) is 95.6 Å². The molecule has 8 nitrogen and oxygen atoms in total. The van der Waals surface area contributed by atoms with Crippen LogP contribution in [0.4, 0.5) is 5.69 Å². The summed E-state index contributed by atoms with van der Waals surface area (Å²) in [6, 6.07) is 39.4. The molecule has 1 aliphatic carbocycles. The fourth-order valence-corrected chi connectivity index (χ4v) is 8.66. The Labute approximate surface area is 301 Å². The summed E-state index contributed by atoms with van der Waals surface area (Å²) in [4.78, 5) is 30.9. The van der Waals surface area contributed by atoms with Crippen molar-refractivity contribution >= 4 is 62.5 Å². The fraction of sp³-hybridized carbons (Fsp3) is 0.103. The van der Waals surface area contributed by atoms with Gasteiger partial charge in [0, 0.05) is 16.9 Å². The van der Waals surface area contributed by atoms with Gasteiger partial charge in [0.05, 0.1) is 21.7 Å². The first-order valence-electron chi connectivity index (χ1n) is 16.0. The summed E-state index contributed by atoms with van der Waals surface area (Å²) < 4.78 is 9.61. The van der Waals surface area contributed by atoms with Crippen molar-refractivity contribution in [3.63, 3.8) is 0 Å². The molecule has 2 heterocycles. The summed E-state index contributed by atoms with van der Waals surface area (Å²) in [7, 11) is 0. The monoisotopic (exact) mass is 711 g/mol. The number of rotatable bonds is 12. The van der Waals surface area contributed by atoms with Gasteiger partial charge < -0.3 is 10.1 Å². The molecule has 1 aliphatic rings. The Morgan fingerprint density at radius 3 is 2.42 bits per heavy atom. The third kappa shape index (κ3) is 6.93. The van der Waals surface area contributed by atoms with Gasteiger partial charge in [0.2, 0.25) is 5.91 Å². The molecular weight excluding hydrogens is 683 g/mol. The minimum atomic E-state index is -0.166. The van der Waals surface area contributed by atoms with Crippen LogP contribution in [0.5, 0.6) is 5.75 Å². The highest BCUT2D eigenvalue weighted by atomic mass is 32.2. The Morgan fingerprint density at radius 2 is 1.56 bits per heavy atom. The first-order valence-corrected chi connectivity index (χ1v) is 18.7. The van der Waals surface area contributed by atoms with Crippen LogP contribution >= 0.6 is 34.9 Å². The maximum Gasteiger partial charge on any atom is 0.234 e. The van der Waals surface area contributed by atoms with Crippen LogP contribution in [0, 0.1) is 0 Å². The van der Waals surface area contributed by atoms with Crippen molar-refractivity contribution in [3.05, 3.63) is 144 Å². The second-order valence-corrected chi connectivity index (χ2v) is 14.8. The second kappa shape index (κ2) is 14.3. The van der Waals surface area contributed by atoms with Crippen molar-refractivity contribution in [2.75, 3.05) is 16.8 Å². The molecule has 0 atom stereocenters. The molecule has 0 radical (unpaired) electrons. The zero-order valence-corrected chi connectivity index (χ0v) is 29.1.